The zero-order valence-corrected chi connectivity index (χ0v) is 11.2. The summed E-state index contributed by atoms with van der Waals surface area (Å²) in [6.45, 7) is 6.18. The van der Waals surface area contributed by atoms with Gasteiger partial charge in [-0.05, 0) is 33.6 Å². The molecule has 1 fully saturated rings. The van der Waals surface area contributed by atoms with Crippen LogP contribution in [0.15, 0.2) is 4.99 Å². The standard InChI is InChI=1S/C10H21N3O2S/c1-9(2,3)13-8(11)12-7-10(5-6-10)16(4,14)15/h5-7H2,1-4H3,(H3,11,12,13). The van der Waals surface area contributed by atoms with Gasteiger partial charge in [-0.1, -0.05) is 0 Å². The van der Waals surface area contributed by atoms with Crippen LogP contribution in [0.25, 0.3) is 0 Å². The molecule has 0 heterocycles. The minimum atomic E-state index is -3.02. The number of hydrogen-bond donors (Lipinski definition) is 2. The summed E-state index contributed by atoms with van der Waals surface area (Å²) in [6, 6.07) is 0. The highest BCUT2D eigenvalue weighted by Crippen LogP contribution is 2.43. The summed E-state index contributed by atoms with van der Waals surface area (Å²) < 4.78 is 22.3. The van der Waals surface area contributed by atoms with Crippen LogP contribution in [0, 0.1) is 0 Å². The van der Waals surface area contributed by atoms with E-state index in [1.165, 1.54) is 6.26 Å². The molecule has 1 saturated carbocycles. The van der Waals surface area contributed by atoms with Crippen molar-refractivity contribution >= 4 is 15.8 Å². The normalized spacial score (nSPS) is 20.6. The van der Waals surface area contributed by atoms with Crippen LogP contribution in [-0.4, -0.2) is 37.5 Å². The molecule has 0 bridgehead atoms. The molecule has 1 rings (SSSR count). The molecule has 6 heteroatoms. The molecular weight excluding hydrogens is 226 g/mol. The van der Waals surface area contributed by atoms with Crippen LogP contribution in [0.5, 0.6) is 0 Å². The van der Waals surface area contributed by atoms with E-state index in [4.69, 9.17) is 5.73 Å². The fourth-order valence-corrected chi connectivity index (χ4v) is 2.58. The molecule has 0 amide bonds. The number of rotatable bonds is 3. The summed E-state index contributed by atoms with van der Waals surface area (Å²) >= 11 is 0. The Morgan fingerprint density at radius 2 is 1.94 bits per heavy atom. The van der Waals surface area contributed by atoms with Gasteiger partial charge in [-0.2, -0.15) is 0 Å². The molecule has 0 saturated heterocycles. The first-order chi connectivity index (χ1) is 7.06. The minimum absolute atomic E-state index is 0.157. The van der Waals surface area contributed by atoms with Crippen molar-refractivity contribution in [1.29, 1.82) is 0 Å². The highest BCUT2D eigenvalue weighted by Gasteiger charge is 2.51. The van der Waals surface area contributed by atoms with E-state index in [1.54, 1.807) is 0 Å². The smallest absolute Gasteiger partial charge is 0.189 e. The fraction of sp³-hybridized carbons (Fsp3) is 0.900. The van der Waals surface area contributed by atoms with E-state index in [0.29, 0.717) is 18.8 Å². The van der Waals surface area contributed by atoms with Gasteiger partial charge in [0.25, 0.3) is 0 Å². The van der Waals surface area contributed by atoms with Crippen molar-refractivity contribution < 1.29 is 8.42 Å². The summed E-state index contributed by atoms with van der Waals surface area (Å²) in [6.07, 6.45) is 2.65. The molecule has 1 aliphatic rings. The monoisotopic (exact) mass is 247 g/mol. The molecule has 1 aliphatic carbocycles. The Labute approximate surface area is 97.4 Å². The maximum atomic E-state index is 11.5. The number of aliphatic imine (C=N–C) groups is 1. The second-order valence-electron chi connectivity index (χ2n) is 5.53. The van der Waals surface area contributed by atoms with Gasteiger partial charge in [-0.3, -0.25) is 4.99 Å². The average molecular weight is 247 g/mol. The van der Waals surface area contributed by atoms with Crippen molar-refractivity contribution in [2.75, 3.05) is 12.8 Å². The largest absolute Gasteiger partial charge is 0.370 e. The zero-order chi connectivity index (χ0) is 12.6. The van der Waals surface area contributed by atoms with E-state index in [1.807, 2.05) is 20.8 Å². The number of nitrogens with zero attached hydrogens (tertiary/aromatic N) is 1. The van der Waals surface area contributed by atoms with Crippen molar-refractivity contribution in [2.45, 2.75) is 43.9 Å². The highest BCUT2D eigenvalue weighted by molar-refractivity contribution is 7.92. The van der Waals surface area contributed by atoms with Gasteiger partial charge in [-0.15, -0.1) is 0 Å². The van der Waals surface area contributed by atoms with E-state index in [2.05, 4.69) is 10.3 Å². The summed E-state index contributed by atoms with van der Waals surface area (Å²) in [5, 5.41) is 3.00. The van der Waals surface area contributed by atoms with Crippen LogP contribution in [0.4, 0.5) is 0 Å². The van der Waals surface area contributed by atoms with Crippen molar-refractivity contribution in [3.63, 3.8) is 0 Å². The maximum absolute atomic E-state index is 11.5. The Hall–Kier alpha value is -0.780. The van der Waals surface area contributed by atoms with Crippen molar-refractivity contribution in [1.82, 2.24) is 5.32 Å². The predicted octanol–water partition coefficient (Wildman–Crippen LogP) is 0.266. The Bertz CT molecular complexity index is 389. The third kappa shape index (κ3) is 3.37. The SMILES string of the molecule is CC(C)(C)NC(N)=NCC1(S(C)(=O)=O)CC1. The second-order valence-corrected chi connectivity index (χ2v) is 7.94. The van der Waals surface area contributed by atoms with Crippen LogP contribution in [0.3, 0.4) is 0 Å². The van der Waals surface area contributed by atoms with E-state index < -0.39 is 14.6 Å². The van der Waals surface area contributed by atoms with Gasteiger partial charge in [0, 0.05) is 11.8 Å². The Balaban J connectivity index is 2.61. The average Bonchev–Trinajstić information content (AvgIpc) is 2.75. The second kappa shape index (κ2) is 3.91. The molecular formula is C10H21N3O2S. The molecule has 0 unspecified atom stereocenters. The van der Waals surface area contributed by atoms with Gasteiger partial charge in [0.05, 0.1) is 11.3 Å². The first kappa shape index (κ1) is 13.3. The molecule has 5 nitrogen and oxygen atoms in total. The van der Waals surface area contributed by atoms with Crippen LogP contribution in [-0.2, 0) is 9.84 Å². The maximum Gasteiger partial charge on any atom is 0.189 e. The van der Waals surface area contributed by atoms with Crippen LogP contribution >= 0.6 is 0 Å². The topological polar surface area (TPSA) is 84.5 Å². The van der Waals surface area contributed by atoms with Crippen molar-refractivity contribution in [3.8, 4) is 0 Å². The van der Waals surface area contributed by atoms with Gasteiger partial charge in [0.15, 0.2) is 15.8 Å². The summed E-state index contributed by atoms with van der Waals surface area (Å²) in [5.41, 5.74) is 5.52. The van der Waals surface area contributed by atoms with Crippen LogP contribution in [0.2, 0.25) is 0 Å². The fourth-order valence-electron chi connectivity index (χ4n) is 1.44. The molecule has 94 valence electrons. The Kier molecular flexibility index (Phi) is 3.24. The quantitative estimate of drug-likeness (QED) is 0.553. The lowest BCUT2D eigenvalue weighted by Gasteiger charge is -2.21. The van der Waals surface area contributed by atoms with E-state index in [0.717, 1.165) is 0 Å². The number of nitrogens with two attached hydrogens (primary N) is 1. The predicted molar refractivity (Wildman–Crippen MR) is 66.2 cm³/mol. The first-order valence-electron chi connectivity index (χ1n) is 5.33. The number of nitrogens with one attached hydrogen (secondary N) is 1. The Morgan fingerprint density at radius 1 is 1.44 bits per heavy atom. The molecule has 0 spiro atoms. The summed E-state index contributed by atoms with van der Waals surface area (Å²) in [7, 11) is -3.02. The lowest BCUT2D eigenvalue weighted by atomic mass is 10.1. The molecule has 0 aromatic carbocycles. The van der Waals surface area contributed by atoms with E-state index in [9.17, 15) is 8.42 Å². The molecule has 0 aromatic rings. The van der Waals surface area contributed by atoms with Gasteiger partial charge in [0.1, 0.15) is 0 Å². The number of hydrogen-bond acceptors (Lipinski definition) is 3. The van der Waals surface area contributed by atoms with Gasteiger partial charge < -0.3 is 11.1 Å². The summed E-state index contributed by atoms with van der Waals surface area (Å²) in [4.78, 5) is 4.11. The number of guanidine groups is 1. The molecule has 16 heavy (non-hydrogen) atoms. The van der Waals surface area contributed by atoms with E-state index in [-0.39, 0.29) is 12.1 Å². The highest BCUT2D eigenvalue weighted by atomic mass is 32.2. The third-order valence-electron chi connectivity index (χ3n) is 2.63. The lowest BCUT2D eigenvalue weighted by Crippen LogP contribution is -2.45. The first-order valence-corrected chi connectivity index (χ1v) is 7.23. The lowest BCUT2D eigenvalue weighted by molar-refractivity contribution is 0.508. The van der Waals surface area contributed by atoms with Crippen LogP contribution in [0.1, 0.15) is 33.6 Å². The molecule has 0 aromatic heterocycles. The van der Waals surface area contributed by atoms with Crippen molar-refractivity contribution in [2.24, 2.45) is 10.7 Å². The Morgan fingerprint density at radius 3 is 2.25 bits per heavy atom. The molecule has 0 atom stereocenters. The summed E-state index contributed by atoms with van der Waals surface area (Å²) in [5.74, 6) is 0.308. The minimum Gasteiger partial charge on any atom is -0.370 e. The van der Waals surface area contributed by atoms with Crippen molar-refractivity contribution in [3.05, 3.63) is 0 Å². The third-order valence-corrected chi connectivity index (χ3v) is 4.75. The molecule has 3 N–H and O–H groups in total. The zero-order valence-electron chi connectivity index (χ0n) is 10.4. The number of sulfone groups is 1. The van der Waals surface area contributed by atoms with E-state index >= 15 is 0 Å². The molecule has 0 radical (unpaired) electrons. The van der Waals surface area contributed by atoms with Gasteiger partial charge >= 0.3 is 0 Å². The van der Waals surface area contributed by atoms with Gasteiger partial charge in [-0.25, -0.2) is 8.42 Å². The molecule has 0 aliphatic heterocycles. The van der Waals surface area contributed by atoms with Crippen LogP contribution < -0.4 is 11.1 Å². The van der Waals surface area contributed by atoms with Gasteiger partial charge in [0.2, 0.25) is 0 Å².